The van der Waals surface area contributed by atoms with Gasteiger partial charge >= 0.3 is 0 Å². The van der Waals surface area contributed by atoms with Crippen LogP contribution in [0.4, 0.5) is 4.39 Å². The first-order valence-corrected chi connectivity index (χ1v) is 12.0. The predicted octanol–water partition coefficient (Wildman–Crippen LogP) is 4.03. The summed E-state index contributed by atoms with van der Waals surface area (Å²) in [6.07, 6.45) is 5.15. The predicted molar refractivity (Wildman–Crippen MR) is 128 cm³/mol. The zero-order valence-corrected chi connectivity index (χ0v) is 18.9. The van der Waals surface area contributed by atoms with Gasteiger partial charge in [0.05, 0.1) is 16.6 Å². The molecule has 3 rings (SSSR count). The van der Waals surface area contributed by atoms with Gasteiger partial charge in [0, 0.05) is 18.7 Å². The molecule has 170 valence electrons. The van der Waals surface area contributed by atoms with E-state index in [0.717, 1.165) is 25.7 Å². The fraction of sp³-hybridized carbons (Fsp3) is 0.375. The summed E-state index contributed by atoms with van der Waals surface area (Å²) in [5.74, 6) is 0.116. The van der Waals surface area contributed by atoms with Gasteiger partial charge in [-0.2, -0.15) is 0 Å². The number of hydrogen-bond donors (Lipinski definition) is 2. The molecule has 3 aromatic rings. The summed E-state index contributed by atoms with van der Waals surface area (Å²) in [4.78, 5) is 29.8. The van der Waals surface area contributed by atoms with Crippen molar-refractivity contribution < 1.29 is 9.18 Å². The van der Waals surface area contributed by atoms with E-state index in [1.165, 1.54) is 22.4 Å². The number of benzene rings is 2. The fourth-order valence-electron chi connectivity index (χ4n) is 3.39. The number of hydrogen-bond acceptors (Lipinski definition) is 5. The lowest BCUT2D eigenvalue weighted by Crippen LogP contribution is -2.24. The molecule has 0 aliphatic carbocycles. The Morgan fingerprint density at radius 1 is 1.03 bits per heavy atom. The van der Waals surface area contributed by atoms with Crippen molar-refractivity contribution in [3.63, 3.8) is 0 Å². The molecular formula is C24H29FN4O2S. The monoisotopic (exact) mass is 456 g/mol. The first-order chi connectivity index (χ1) is 15.6. The first-order valence-electron chi connectivity index (χ1n) is 11.0. The highest BCUT2D eigenvalue weighted by Gasteiger charge is 2.15. The van der Waals surface area contributed by atoms with E-state index >= 15 is 0 Å². The molecule has 2 aromatic carbocycles. The Balaban J connectivity index is 1.63. The van der Waals surface area contributed by atoms with Crippen LogP contribution in [0, 0.1) is 5.82 Å². The second-order valence-electron chi connectivity index (χ2n) is 7.51. The lowest BCUT2D eigenvalue weighted by atomic mass is 10.2. The number of nitrogens with one attached hydrogen (secondary N) is 1. The number of carbonyl (C=O) groups excluding carboxylic acids is 1. The summed E-state index contributed by atoms with van der Waals surface area (Å²) < 4.78 is 15.8. The first kappa shape index (κ1) is 23.9. The maximum Gasteiger partial charge on any atom is 0.266 e. The Bertz CT molecular complexity index is 1100. The van der Waals surface area contributed by atoms with Crippen LogP contribution in [-0.2, 0) is 4.79 Å². The Morgan fingerprint density at radius 2 is 1.78 bits per heavy atom. The molecule has 6 nitrogen and oxygen atoms in total. The van der Waals surface area contributed by atoms with Gasteiger partial charge in [-0.25, -0.2) is 9.37 Å². The summed E-state index contributed by atoms with van der Waals surface area (Å²) in [5.41, 5.74) is 5.90. The Kier molecular flexibility index (Phi) is 9.25. The van der Waals surface area contributed by atoms with E-state index in [9.17, 15) is 14.0 Å². The molecule has 0 radical (unpaired) electrons. The van der Waals surface area contributed by atoms with Gasteiger partial charge < -0.3 is 11.1 Å². The molecule has 0 aliphatic rings. The van der Waals surface area contributed by atoms with E-state index in [-0.39, 0.29) is 17.2 Å². The van der Waals surface area contributed by atoms with E-state index in [2.05, 4.69) is 10.3 Å². The van der Waals surface area contributed by atoms with Crippen molar-refractivity contribution in [2.45, 2.75) is 43.7 Å². The van der Waals surface area contributed by atoms with Gasteiger partial charge in [0.15, 0.2) is 5.16 Å². The molecule has 3 N–H and O–H groups in total. The second kappa shape index (κ2) is 12.4. The van der Waals surface area contributed by atoms with Crippen LogP contribution in [-0.4, -0.2) is 34.3 Å². The standard InChI is InChI=1S/C24H29FN4O2S/c25-19-11-4-6-13-21(19)29-23(31)18-10-3-5-12-20(18)28-24(29)32-17-9-14-22(30)27-16-8-2-1-7-15-26/h3-6,10-13H,1-2,7-9,14-17,26H2,(H,27,30). The third-order valence-electron chi connectivity index (χ3n) is 5.07. The van der Waals surface area contributed by atoms with Crippen LogP contribution in [0.5, 0.6) is 0 Å². The molecule has 0 unspecified atom stereocenters. The zero-order chi connectivity index (χ0) is 22.8. The van der Waals surface area contributed by atoms with Gasteiger partial charge in [-0.15, -0.1) is 0 Å². The van der Waals surface area contributed by atoms with E-state index < -0.39 is 5.82 Å². The van der Waals surface area contributed by atoms with Crippen LogP contribution in [0.1, 0.15) is 38.5 Å². The maximum atomic E-state index is 14.5. The highest BCUT2D eigenvalue weighted by Crippen LogP contribution is 2.23. The van der Waals surface area contributed by atoms with Crippen molar-refractivity contribution in [3.8, 4) is 5.69 Å². The van der Waals surface area contributed by atoms with Crippen LogP contribution in [0.25, 0.3) is 16.6 Å². The minimum atomic E-state index is -0.487. The number of aromatic nitrogens is 2. The molecule has 32 heavy (non-hydrogen) atoms. The molecule has 0 fully saturated rings. The van der Waals surface area contributed by atoms with Crippen LogP contribution in [0.3, 0.4) is 0 Å². The third-order valence-corrected chi connectivity index (χ3v) is 6.10. The van der Waals surface area contributed by atoms with E-state index in [0.29, 0.717) is 47.7 Å². The average molecular weight is 457 g/mol. The van der Waals surface area contributed by atoms with Gasteiger partial charge in [0.1, 0.15) is 5.82 Å². The number of carbonyl (C=O) groups is 1. The van der Waals surface area contributed by atoms with Gasteiger partial charge in [-0.3, -0.25) is 14.2 Å². The number of amides is 1. The molecule has 1 aromatic heterocycles. The van der Waals surface area contributed by atoms with Gasteiger partial charge in [0.25, 0.3) is 5.56 Å². The molecule has 0 aliphatic heterocycles. The largest absolute Gasteiger partial charge is 0.356 e. The van der Waals surface area contributed by atoms with E-state index in [1.807, 2.05) is 6.07 Å². The normalized spacial score (nSPS) is 11.1. The van der Waals surface area contributed by atoms with Crippen LogP contribution in [0.2, 0.25) is 0 Å². The lowest BCUT2D eigenvalue weighted by molar-refractivity contribution is -0.121. The van der Waals surface area contributed by atoms with Crippen molar-refractivity contribution in [2.75, 3.05) is 18.8 Å². The van der Waals surface area contributed by atoms with Crippen molar-refractivity contribution >= 4 is 28.6 Å². The fourth-order valence-corrected chi connectivity index (χ4v) is 4.33. The number of para-hydroxylation sites is 2. The number of nitrogens with zero attached hydrogens (tertiary/aromatic N) is 2. The summed E-state index contributed by atoms with van der Waals surface area (Å²) in [7, 11) is 0. The molecule has 1 amide bonds. The summed E-state index contributed by atoms with van der Waals surface area (Å²) in [6.45, 7) is 1.39. The number of fused-ring (bicyclic) bond motifs is 1. The van der Waals surface area contributed by atoms with Crippen molar-refractivity contribution in [1.82, 2.24) is 14.9 Å². The topological polar surface area (TPSA) is 90.0 Å². The molecule has 0 saturated carbocycles. The highest BCUT2D eigenvalue weighted by atomic mass is 32.2. The smallest absolute Gasteiger partial charge is 0.266 e. The highest BCUT2D eigenvalue weighted by molar-refractivity contribution is 7.99. The van der Waals surface area contributed by atoms with E-state index in [4.69, 9.17) is 5.73 Å². The van der Waals surface area contributed by atoms with Crippen LogP contribution < -0.4 is 16.6 Å². The molecule has 0 atom stereocenters. The molecule has 0 spiro atoms. The summed E-state index contributed by atoms with van der Waals surface area (Å²) >= 11 is 1.35. The minimum absolute atomic E-state index is 0.0161. The third kappa shape index (κ3) is 6.40. The second-order valence-corrected chi connectivity index (χ2v) is 8.57. The SMILES string of the molecule is NCCCCCCNC(=O)CCCSc1nc2ccccc2c(=O)n1-c1ccccc1F. The average Bonchev–Trinajstić information content (AvgIpc) is 2.80. The minimum Gasteiger partial charge on any atom is -0.356 e. The number of thioether (sulfide) groups is 1. The molecule has 8 heteroatoms. The van der Waals surface area contributed by atoms with Crippen LogP contribution in [0.15, 0.2) is 58.5 Å². The van der Waals surface area contributed by atoms with Gasteiger partial charge in [-0.05, 0) is 50.1 Å². The van der Waals surface area contributed by atoms with Crippen LogP contribution >= 0.6 is 11.8 Å². The zero-order valence-electron chi connectivity index (χ0n) is 18.1. The summed E-state index contributed by atoms with van der Waals surface area (Å²) in [6, 6.07) is 13.2. The number of halogens is 1. The van der Waals surface area contributed by atoms with E-state index in [1.54, 1.807) is 36.4 Å². The molecule has 0 saturated heterocycles. The lowest BCUT2D eigenvalue weighted by Gasteiger charge is -2.13. The Labute approximate surface area is 191 Å². The summed E-state index contributed by atoms with van der Waals surface area (Å²) in [5, 5.41) is 3.79. The quantitative estimate of drug-likeness (QED) is 0.244. The Morgan fingerprint density at radius 3 is 2.59 bits per heavy atom. The number of nitrogens with two attached hydrogens (primary N) is 1. The van der Waals surface area contributed by atoms with Crippen molar-refractivity contribution in [3.05, 3.63) is 64.7 Å². The number of unbranched alkanes of at least 4 members (excludes halogenated alkanes) is 3. The Hall–Kier alpha value is -2.71. The molecular weight excluding hydrogens is 427 g/mol. The van der Waals surface area contributed by atoms with Crippen molar-refractivity contribution in [1.29, 1.82) is 0 Å². The van der Waals surface area contributed by atoms with Crippen molar-refractivity contribution in [2.24, 2.45) is 5.73 Å². The number of rotatable bonds is 12. The molecule has 0 bridgehead atoms. The molecule has 1 heterocycles. The van der Waals surface area contributed by atoms with Gasteiger partial charge in [-0.1, -0.05) is 48.9 Å². The maximum absolute atomic E-state index is 14.5. The van der Waals surface area contributed by atoms with Gasteiger partial charge in [0.2, 0.25) is 5.91 Å².